The Hall–Kier alpha value is -3.52. The van der Waals surface area contributed by atoms with Crippen molar-refractivity contribution < 1.29 is 13.9 Å². The number of amides is 1. The van der Waals surface area contributed by atoms with Crippen molar-refractivity contribution in [2.45, 2.75) is 19.6 Å². The molecular formula is C22H19FN4O2S. The first-order valence-electron chi connectivity index (χ1n) is 9.33. The number of carbonyl (C=O) groups excluding carboxylic acids is 1. The Morgan fingerprint density at radius 3 is 2.77 bits per heavy atom. The zero-order valence-electron chi connectivity index (χ0n) is 16.1. The second-order valence-electron chi connectivity index (χ2n) is 6.87. The van der Waals surface area contributed by atoms with Crippen LogP contribution in [0.3, 0.4) is 0 Å². The summed E-state index contributed by atoms with van der Waals surface area (Å²) < 4.78 is 20.0. The molecule has 6 nitrogen and oxygen atoms in total. The summed E-state index contributed by atoms with van der Waals surface area (Å²) in [5.41, 5.74) is 3.00. The smallest absolute Gasteiger partial charge is 0.254 e. The number of nitrogens with zero attached hydrogens (tertiary/aromatic N) is 1. The summed E-state index contributed by atoms with van der Waals surface area (Å²) in [5.74, 6) is -0.192. The molecule has 0 aliphatic carbocycles. The fourth-order valence-corrected chi connectivity index (χ4v) is 3.36. The van der Waals surface area contributed by atoms with Crippen molar-refractivity contribution in [2.75, 3.05) is 0 Å². The van der Waals surface area contributed by atoms with E-state index in [4.69, 9.17) is 17.0 Å². The summed E-state index contributed by atoms with van der Waals surface area (Å²) >= 11 is 5.05. The van der Waals surface area contributed by atoms with Gasteiger partial charge in [0, 0.05) is 18.0 Å². The first kappa shape index (κ1) is 19.8. The Morgan fingerprint density at radius 1 is 1.23 bits per heavy atom. The van der Waals surface area contributed by atoms with Crippen LogP contribution in [-0.2, 0) is 6.61 Å². The molecule has 8 heteroatoms. The van der Waals surface area contributed by atoms with Gasteiger partial charge in [0.15, 0.2) is 4.77 Å². The van der Waals surface area contributed by atoms with E-state index in [0.717, 1.165) is 11.1 Å². The number of aromatic amines is 2. The minimum atomic E-state index is -0.513. The van der Waals surface area contributed by atoms with Crippen molar-refractivity contribution in [3.63, 3.8) is 0 Å². The molecule has 4 aromatic rings. The van der Waals surface area contributed by atoms with Crippen molar-refractivity contribution in [3.05, 3.63) is 88.2 Å². The Bertz CT molecular complexity index is 1240. The molecule has 4 rings (SSSR count). The maximum absolute atomic E-state index is 13.9. The Kier molecular flexibility index (Phi) is 5.58. The third-order valence-corrected chi connectivity index (χ3v) is 4.89. The molecule has 0 fully saturated rings. The van der Waals surface area contributed by atoms with E-state index < -0.39 is 11.7 Å². The minimum Gasteiger partial charge on any atom is -0.489 e. The van der Waals surface area contributed by atoms with Gasteiger partial charge in [-0.3, -0.25) is 9.78 Å². The van der Waals surface area contributed by atoms with Gasteiger partial charge in [0.2, 0.25) is 0 Å². The van der Waals surface area contributed by atoms with Crippen LogP contribution in [-0.4, -0.2) is 20.9 Å². The second-order valence-corrected chi connectivity index (χ2v) is 7.28. The van der Waals surface area contributed by atoms with Gasteiger partial charge in [-0.2, -0.15) is 0 Å². The van der Waals surface area contributed by atoms with E-state index in [1.165, 1.54) is 12.1 Å². The van der Waals surface area contributed by atoms with Crippen molar-refractivity contribution in [2.24, 2.45) is 0 Å². The number of pyridine rings is 1. The van der Waals surface area contributed by atoms with E-state index in [-0.39, 0.29) is 11.6 Å². The molecule has 0 saturated heterocycles. The van der Waals surface area contributed by atoms with Gasteiger partial charge in [0.1, 0.15) is 18.2 Å². The molecule has 1 amide bonds. The molecule has 30 heavy (non-hydrogen) atoms. The standard InChI is InChI=1S/C22H19FN4O2S/c1-13(15-4-6-17(7-5-15)29-12-14-3-2-8-24-11-14)25-21(28)18-9-16(23)10-19-20(18)27-22(30)26-19/h2-11,13H,12H2,1H3,(H,25,28)(H2,26,27,30). The van der Waals surface area contributed by atoms with Gasteiger partial charge < -0.3 is 20.0 Å². The molecule has 0 aliphatic heterocycles. The maximum atomic E-state index is 13.9. The van der Waals surface area contributed by atoms with Crippen LogP contribution in [0.15, 0.2) is 60.9 Å². The van der Waals surface area contributed by atoms with Crippen LogP contribution in [0.2, 0.25) is 0 Å². The molecule has 152 valence electrons. The molecule has 1 unspecified atom stereocenters. The number of carbonyl (C=O) groups is 1. The second kappa shape index (κ2) is 8.46. The number of hydrogen-bond acceptors (Lipinski definition) is 4. The normalized spacial score (nSPS) is 11.9. The molecule has 2 aromatic heterocycles. The van der Waals surface area contributed by atoms with Crippen LogP contribution in [0.1, 0.15) is 34.5 Å². The van der Waals surface area contributed by atoms with Crippen molar-refractivity contribution in [3.8, 4) is 5.75 Å². The summed E-state index contributed by atoms with van der Waals surface area (Å²) in [4.78, 5) is 22.5. The molecular weight excluding hydrogens is 403 g/mol. The van der Waals surface area contributed by atoms with Crippen LogP contribution < -0.4 is 10.1 Å². The molecule has 0 aliphatic rings. The third-order valence-electron chi connectivity index (χ3n) is 4.69. The average molecular weight is 422 g/mol. The molecule has 0 spiro atoms. The number of aromatic nitrogens is 3. The van der Waals surface area contributed by atoms with Gasteiger partial charge in [-0.15, -0.1) is 0 Å². The highest BCUT2D eigenvalue weighted by atomic mass is 32.1. The van der Waals surface area contributed by atoms with Crippen LogP contribution in [0.4, 0.5) is 4.39 Å². The number of imidazole rings is 1. The monoisotopic (exact) mass is 422 g/mol. The highest BCUT2D eigenvalue weighted by Crippen LogP contribution is 2.21. The Balaban J connectivity index is 1.44. The first-order valence-corrected chi connectivity index (χ1v) is 9.74. The average Bonchev–Trinajstić information content (AvgIpc) is 3.12. The highest BCUT2D eigenvalue weighted by Gasteiger charge is 2.17. The van der Waals surface area contributed by atoms with Crippen LogP contribution in [0.25, 0.3) is 11.0 Å². The van der Waals surface area contributed by atoms with E-state index in [1.807, 2.05) is 43.3 Å². The lowest BCUT2D eigenvalue weighted by Gasteiger charge is -2.15. The van der Waals surface area contributed by atoms with Gasteiger partial charge in [0.05, 0.1) is 22.6 Å². The first-order chi connectivity index (χ1) is 14.5. The number of hydrogen-bond donors (Lipinski definition) is 3. The van der Waals surface area contributed by atoms with E-state index in [2.05, 4.69) is 20.3 Å². The van der Waals surface area contributed by atoms with Gasteiger partial charge >= 0.3 is 0 Å². The van der Waals surface area contributed by atoms with Crippen molar-refractivity contribution in [1.29, 1.82) is 0 Å². The molecule has 2 heterocycles. The topological polar surface area (TPSA) is 82.8 Å². The fraction of sp³-hybridized carbons (Fsp3) is 0.136. The van der Waals surface area contributed by atoms with E-state index in [9.17, 15) is 9.18 Å². The lowest BCUT2D eigenvalue weighted by atomic mass is 10.1. The molecule has 2 aromatic carbocycles. The largest absolute Gasteiger partial charge is 0.489 e. The van der Waals surface area contributed by atoms with Crippen molar-refractivity contribution >= 4 is 29.2 Å². The van der Waals surface area contributed by atoms with Gasteiger partial charge in [-0.1, -0.05) is 18.2 Å². The lowest BCUT2D eigenvalue weighted by molar-refractivity contribution is 0.0941. The SMILES string of the molecule is CC(NC(=O)c1cc(F)cc2[nH]c(=S)[nH]c12)c1ccc(OCc2cccnc2)cc1. The van der Waals surface area contributed by atoms with E-state index >= 15 is 0 Å². The predicted molar refractivity (Wildman–Crippen MR) is 114 cm³/mol. The van der Waals surface area contributed by atoms with Gasteiger partial charge in [-0.25, -0.2) is 4.39 Å². The number of benzene rings is 2. The lowest BCUT2D eigenvalue weighted by Crippen LogP contribution is -2.27. The number of halogens is 1. The molecule has 0 bridgehead atoms. The Labute approximate surface area is 177 Å². The van der Waals surface area contributed by atoms with Gasteiger partial charge in [0.25, 0.3) is 5.91 Å². The van der Waals surface area contributed by atoms with Crippen LogP contribution >= 0.6 is 12.2 Å². The summed E-state index contributed by atoms with van der Waals surface area (Å²) in [7, 11) is 0. The predicted octanol–water partition coefficient (Wildman–Crippen LogP) is 4.83. The third kappa shape index (κ3) is 4.38. The number of ether oxygens (including phenoxy) is 1. The molecule has 1 atom stereocenters. The number of H-pyrrole nitrogens is 2. The molecule has 0 saturated carbocycles. The molecule has 3 N–H and O–H groups in total. The molecule has 0 radical (unpaired) electrons. The minimum absolute atomic E-state index is 0.195. The van der Waals surface area contributed by atoms with Crippen LogP contribution in [0, 0.1) is 10.6 Å². The number of rotatable bonds is 6. The number of fused-ring (bicyclic) bond motifs is 1. The van der Waals surface area contributed by atoms with Crippen molar-refractivity contribution in [1.82, 2.24) is 20.3 Å². The van der Waals surface area contributed by atoms with Gasteiger partial charge in [-0.05, 0) is 55.0 Å². The summed E-state index contributed by atoms with van der Waals surface area (Å²) in [6.45, 7) is 2.28. The fourth-order valence-electron chi connectivity index (χ4n) is 3.15. The summed E-state index contributed by atoms with van der Waals surface area (Å²) in [6.07, 6.45) is 3.47. The zero-order valence-corrected chi connectivity index (χ0v) is 16.9. The van der Waals surface area contributed by atoms with E-state index in [1.54, 1.807) is 12.4 Å². The van der Waals surface area contributed by atoms with E-state index in [0.29, 0.717) is 28.2 Å². The highest BCUT2D eigenvalue weighted by molar-refractivity contribution is 7.71. The summed E-state index contributed by atoms with van der Waals surface area (Å²) in [5, 5.41) is 2.90. The van der Waals surface area contributed by atoms with Crippen LogP contribution in [0.5, 0.6) is 5.75 Å². The Morgan fingerprint density at radius 2 is 2.03 bits per heavy atom. The quantitative estimate of drug-likeness (QED) is 0.389. The summed E-state index contributed by atoms with van der Waals surface area (Å²) in [6, 6.07) is 13.5. The maximum Gasteiger partial charge on any atom is 0.254 e. The number of nitrogens with one attached hydrogen (secondary N) is 3. The zero-order chi connectivity index (χ0) is 21.1.